The molecule has 4 aliphatic rings. The van der Waals surface area contributed by atoms with Gasteiger partial charge >= 0.3 is 0 Å². The van der Waals surface area contributed by atoms with Crippen molar-refractivity contribution >= 4 is 32.7 Å². The summed E-state index contributed by atoms with van der Waals surface area (Å²) < 4.78 is 0. The molecule has 0 aromatic heterocycles. The van der Waals surface area contributed by atoms with Gasteiger partial charge in [0.15, 0.2) is 0 Å². The fraction of sp³-hybridized carbons (Fsp3) is 0.235. The molecule has 0 radical (unpaired) electrons. The molecule has 0 spiro atoms. The lowest BCUT2D eigenvalue weighted by atomic mass is 9.75. The van der Waals surface area contributed by atoms with Crippen LogP contribution in [0.2, 0.25) is 0 Å². The van der Waals surface area contributed by atoms with Crippen LogP contribution < -0.4 is 0 Å². The Morgan fingerprint density at radius 2 is 1.32 bits per heavy atom. The molecule has 0 heterocycles. The maximum atomic E-state index is 2.51. The highest BCUT2D eigenvalue weighted by Crippen LogP contribution is 2.47. The maximum absolute atomic E-state index is 2.51. The Morgan fingerprint density at radius 3 is 2.06 bits per heavy atom. The largest absolute Gasteiger partial charge is 0.0842 e. The fourth-order valence-electron chi connectivity index (χ4n) is 6.71. The minimum absolute atomic E-state index is 0.659. The van der Waals surface area contributed by atoms with E-state index in [4.69, 9.17) is 0 Å². The van der Waals surface area contributed by atoms with Crippen molar-refractivity contribution in [2.24, 2.45) is 11.8 Å². The van der Waals surface area contributed by atoms with Gasteiger partial charge in [0.05, 0.1) is 0 Å². The molecule has 34 heavy (non-hydrogen) atoms. The number of rotatable bonds is 2. The first-order valence-electron chi connectivity index (χ1n) is 13.0. The number of benzene rings is 3. The van der Waals surface area contributed by atoms with Gasteiger partial charge in [0.25, 0.3) is 0 Å². The van der Waals surface area contributed by atoms with E-state index in [0.29, 0.717) is 11.8 Å². The van der Waals surface area contributed by atoms with Crippen LogP contribution in [-0.4, -0.2) is 0 Å². The van der Waals surface area contributed by atoms with Crippen LogP contribution >= 0.6 is 0 Å². The molecule has 0 saturated heterocycles. The van der Waals surface area contributed by atoms with Crippen molar-refractivity contribution in [1.29, 1.82) is 0 Å². The molecular weight excluding hydrogens is 408 g/mol. The summed E-state index contributed by atoms with van der Waals surface area (Å²) in [4.78, 5) is 0. The maximum Gasteiger partial charge on any atom is -0.00666 e. The summed E-state index contributed by atoms with van der Waals surface area (Å²) in [6.45, 7) is 0. The van der Waals surface area contributed by atoms with Gasteiger partial charge in [-0.25, -0.2) is 0 Å². The van der Waals surface area contributed by atoms with Crippen LogP contribution in [0.1, 0.15) is 49.7 Å². The van der Waals surface area contributed by atoms with Gasteiger partial charge in [-0.1, -0.05) is 97.1 Å². The third-order valence-corrected chi connectivity index (χ3v) is 8.40. The molecule has 3 aromatic rings. The molecule has 2 atom stereocenters. The minimum atomic E-state index is 0.659. The Kier molecular flexibility index (Phi) is 4.79. The van der Waals surface area contributed by atoms with Crippen molar-refractivity contribution in [2.75, 3.05) is 0 Å². The van der Waals surface area contributed by atoms with E-state index in [9.17, 15) is 0 Å². The molecule has 0 amide bonds. The summed E-state index contributed by atoms with van der Waals surface area (Å²) in [7, 11) is 0. The summed E-state index contributed by atoms with van der Waals surface area (Å²) in [5.41, 5.74) is 8.94. The second-order valence-electron chi connectivity index (χ2n) is 10.3. The van der Waals surface area contributed by atoms with Crippen LogP contribution in [0, 0.1) is 11.8 Å². The second kappa shape index (κ2) is 8.13. The Balaban J connectivity index is 1.49. The standard InChI is InChI=1S/C34H30/c1-3-11-25-21-27(19-17-23(25)9-1)33-29-13-5-7-15-31(29)34(32-16-8-6-14-30(32)33)28-20-18-24-10-2-4-12-26(24)22-28/h1-3,5-8,10-11,13-16,18,20-21,23,26H,4,9,12,17,19,22H2. The number of hydrogen-bond donors (Lipinski definition) is 0. The van der Waals surface area contributed by atoms with Crippen molar-refractivity contribution in [3.05, 3.63) is 119 Å². The van der Waals surface area contributed by atoms with Gasteiger partial charge in [-0.3, -0.25) is 0 Å². The topological polar surface area (TPSA) is 0 Å². The monoisotopic (exact) mass is 438 g/mol. The van der Waals surface area contributed by atoms with Gasteiger partial charge in [0, 0.05) is 0 Å². The smallest absolute Gasteiger partial charge is 0.00666 e. The molecule has 0 heteroatoms. The van der Waals surface area contributed by atoms with Crippen molar-refractivity contribution < 1.29 is 0 Å². The van der Waals surface area contributed by atoms with E-state index >= 15 is 0 Å². The van der Waals surface area contributed by atoms with E-state index in [0.717, 1.165) is 12.8 Å². The summed E-state index contributed by atoms with van der Waals surface area (Å²) in [6, 6.07) is 18.3. The highest BCUT2D eigenvalue weighted by Gasteiger charge is 2.26. The molecule has 0 saturated carbocycles. The Hall–Kier alpha value is -3.38. The van der Waals surface area contributed by atoms with Crippen LogP contribution in [0.5, 0.6) is 0 Å². The molecular formula is C34H30. The first-order chi connectivity index (χ1) is 16.9. The zero-order valence-electron chi connectivity index (χ0n) is 19.6. The van der Waals surface area contributed by atoms with E-state index in [1.165, 1.54) is 80.6 Å². The molecule has 166 valence electrons. The third-order valence-electron chi connectivity index (χ3n) is 8.40. The van der Waals surface area contributed by atoms with Gasteiger partial charge in [-0.2, -0.15) is 0 Å². The molecule has 7 rings (SSSR count). The van der Waals surface area contributed by atoms with E-state index < -0.39 is 0 Å². The lowest BCUT2D eigenvalue weighted by Gasteiger charge is -2.29. The highest BCUT2D eigenvalue weighted by molar-refractivity contribution is 6.16. The first-order valence-corrected chi connectivity index (χ1v) is 13.0. The molecule has 0 bridgehead atoms. The average molecular weight is 439 g/mol. The zero-order valence-corrected chi connectivity index (χ0v) is 19.6. The predicted molar refractivity (Wildman–Crippen MR) is 147 cm³/mol. The van der Waals surface area contributed by atoms with Crippen LogP contribution in [0.4, 0.5) is 0 Å². The zero-order chi connectivity index (χ0) is 22.5. The van der Waals surface area contributed by atoms with Crippen molar-refractivity contribution in [3.63, 3.8) is 0 Å². The van der Waals surface area contributed by atoms with Gasteiger partial charge < -0.3 is 0 Å². The fourth-order valence-corrected chi connectivity index (χ4v) is 6.71. The molecule has 3 aromatic carbocycles. The average Bonchev–Trinajstić information content (AvgIpc) is 2.91. The van der Waals surface area contributed by atoms with E-state index in [1.807, 2.05) is 0 Å². The van der Waals surface area contributed by atoms with Crippen LogP contribution in [0.15, 0.2) is 108 Å². The highest BCUT2D eigenvalue weighted by atomic mass is 14.3. The lowest BCUT2D eigenvalue weighted by molar-refractivity contribution is 0.572. The van der Waals surface area contributed by atoms with Crippen LogP contribution in [-0.2, 0) is 0 Å². The van der Waals surface area contributed by atoms with E-state index in [1.54, 1.807) is 0 Å². The summed E-state index contributed by atoms with van der Waals surface area (Å²) in [5, 5.41) is 5.64. The summed E-state index contributed by atoms with van der Waals surface area (Å²) in [6.07, 6.45) is 26.1. The molecule has 4 aliphatic carbocycles. The molecule has 0 aliphatic heterocycles. The molecule has 0 N–H and O–H groups in total. The van der Waals surface area contributed by atoms with Crippen molar-refractivity contribution in [1.82, 2.24) is 0 Å². The Labute approximate surface area is 202 Å². The van der Waals surface area contributed by atoms with Gasteiger partial charge in [-0.05, 0) is 105 Å². The van der Waals surface area contributed by atoms with Gasteiger partial charge in [-0.15, -0.1) is 0 Å². The van der Waals surface area contributed by atoms with Crippen LogP contribution in [0.3, 0.4) is 0 Å². The Morgan fingerprint density at radius 1 is 0.618 bits per heavy atom. The number of hydrogen-bond acceptors (Lipinski definition) is 0. The van der Waals surface area contributed by atoms with Gasteiger partial charge in [0.1, 0.15) is 0 Å². The van der Waals surface area contributed by atoms with E-state index in [-0.39, 0.29) is 0 Å². The summed E-state index contributed by atoms with van der Waals surface area (Å²) in [5.74, 6) is 1.36. The van der Waals surface area contributed by atoms with Crippen LogP contribution in [0.25, 0.3) is 32.7 Å². The summed E-state index contributed by atoms with van der Waals surface area (Å²) >= 11 is 0. The van der Waals surface area contributed by atoms with Crippen molar-refractivity contribution in [3.8, 4) is 0 Å². The predicted octanol–water partition coefficient (Wildman–Crippen LogP) is 9.35. The van der Waals surface area contributed by atoms with E-state index in [2.05, 4.69) is 97.1 Å². The minimum Gasteiger partial charge on any atom is -0.0842 e. The lowest BCUT2D eigenvalue weighted by Crippen LogP contribution is -2.11. The number of fused-ring (bicyclic) bond motifs is 4. The Bertz CT molecular complexity index is 1440. The molecule has 0 fully saturated rings. The normalized spacial score (nSPS) is 23.6. The third kappa shape index (κ3) is 3.20. The second-order valence-corrected chi connectivity index (χ2v) is 10.3. The first kappa shape index (κ1) is 20.0. The molecule has 0 nitrogen and oxygen atoms in total. The molecule has 2 unspecified atom stereocenters. The quantitative estimate of drug-likeness (QED) is 0.350. The van der Waals surface area contributed by atoms with Crippen molar-refractivity contribution in [2.45, 2.75) is 38.5 Å². The van der Waals surface area contributed by atoms with Gasteiger partial charge in [0.2, 0.25) is 0 Å². The SMILES string of the molecule is C1=CCC2CCC(c3c4ccccc4c(C4=CC=C5C=CCCC5C4)c4ccccc34)=CC2=C1. The number of allylic oxidation sites excluding steroid dienone is 12.